The maximum atomic E-state index is 4.70. The number of benzene rings is 2. The second-order valence-electron chi connectivity index (χ2n) is 6.69. The first kappa shape index (κ1) is 15.6. The van der Waals surface area contributed by atoms with E-state index in [1.807, 2.05) is 24.3 Å². The molecule has 126 valence electrons. The second-order valence-corrected chi connectivity index (χ2v) is 6.69. The van der Waals surface area contributed by atoms with Crippen LogP contribution in [0.4, 0.5) is 17.5 Å². The monoisotopic (exact) mass is 330 g/mol. The van der Waals surface area contributed by atoms with Gasteiger partial charge in [0.05, 0.1) is 5.69 Å². The fourth-order valence-corrected chi connectivity index (χ4v) is 2.75. The molecular weight excluding hydrogens is 308 g/mol. The number of anilines is 3. The number of nitrogens with one attached hydrogen (secondary N) is 2. The lowest BCUT2D eigenvalue weighted by Crippen LogP contribution is -2.08. The molecule has 1 heterocycles. The van der Waals surface area contributed by atoms with Gasteiger partial charge in [0.2, 0.25) is 5.95 Å². The molecule has 3 aromatic rings. The minimum Gasteiger partial charge on any atom is -0.351 e. The van der Waals surface area contributed by atoms with Gasteiger partial charge < -0.3 is 10.6 Å². The Morgan fingerprint density at radius 1 is 0.920 bits per heavy atom. The fraction of sp³-hybridized carbons (Fsp3) is 0.238. The van der Waals surface area contributed by atoms with Gasteiger partial charge in [0, 0.05) is 23.4 Å². The molecule has 4 nitrogen and oxygen atoms in total. The normalized spacial score (nSPS) is 13.5. The third-order valence-electron chi connectivity index (χ3n) is 4.36. The van der Waals surface area contributed by atoms with Crippen molar-refractivity contribution >= 4 is 17.5 Å². The number of hydrogen-bond acceptors (Lipinski definition) is 4. The minimum absolute atomic E-state index is 0.513. The van der Waals surface area contributed by atoms with Crippen LogP contribution in [0.5, 0.6) is 0 Å². The molecular formula is C21H22N4. The summed E-state index contributed by atoms with van der Waals surface area (Å²) in [5.41, 5.74) is 5.51. The van der Waals surface area contributed by atoms with Crippen LogP contribution in [0, 0.1) is 13.8 Å². The van der Waals surface area contributed by atoms with Gasteiger partial charge in [0.25, 0.3) is 0 Å². The van der Waals surface area contributed by atoms with Gasteiger partial charge in [-0.1, -0.05) is 42.5 Å². The van der Waals surface area contributed by atoms with Crippen molar-refractivity contribution in [1.29, 1.82) is 0 Å². The summed E-state index contributed by atoms with van der Waals surface area (Å²) >= 11 is 0. The maximum Gasteiger partial charge on any atom is 0.225 e. The van der Waals surface area contributed by atoms with Crippen LogP contribution in [0.25, 0.3) is 11.3 Å². The SMILES string of the molecule is Cc1ccc(C)c(Nc2cc(-c3ccccc3)nc(NC3CC3)n2)c1. The highest BCUT2D eigenvalue weighted by Crippen LogP contribution is 2.28. The van der Waals surface area contributed by atoms with Gasteiger partial charge in [-0.15, -0.1) is 0 Å². The Morgan fingerprint density at radius 2 is 1.72 bits per heavy atom. The van der Waals surface area contributed by atoms with Crippen LogP contribution in [0.15, 0.2) is 54.6 Å². The molecule has 4 heteroatoms. The van der Waals surface area contributed by atoms with E-state index in [-0.39, 0.29) is 0 Å². The molecule has 0 atom stereocenters. The van der Waals surface area contributed by atoms with Gasteiger partial charge in [0.1, 0.15) is 5.82 Å². The molecule has 1 saturated carbocycles. The van der Waals surface area contributed by atoms with Crippen LogP contribution < -0.4 is 10.6 Å². The third-order valence-corrected chi connectivity index (χ3v) is 4.36. The topological polar surface area (TPSA) is 49.8 Å². The van der Waals surface area contributed by atoms with Crippen molar-refractivity contribution in [2.75, 3.05) is 10.6 Å². The quantitative estimate of drug-likeness (QED) is 0.685. The fourth-order valence-electron chi connectivity index (χ4n) is 2.75. The van der Waals surface area contributed by atoms with E-state index in [9.17, 15) is 0 Å². The predicted octanol–water partition coefficient (Wildman–Crippen LogP) is 5.08. The van der Waals surface area contributed by atoms with Crippen LogP contribution in [-0.4, -0.2) is 16.0 Å². The predicted molar refractivity (Wildman–Crippen MR) is 103 cm³/mol. The Labute approximate surface area is 148 Å². The van der Waals surface area contributed by atoms with Gasteiger partial charge in [-0.25, -0.2) is 4.98 Å². The summed E-state index contributed by atoms with van der Waals surface area (Å²) in [6, 6.07) is 19.1. The third kappa shape index (κ3) is 3.79. The largest absolute Gasteiger partial charge is 0.351 e. The first-order valence-electron chi connectivity index (χ1n) is 8.73. The Morgan fingerprint density at radius 3 is 2.48 bits per heavy atom. The molecule has 2 aromatic carbocycles. The Hall–Kier alpha value is -2.88. The molecule has 0 radical (unpaired) electrons. The van der Waals surface area contributed by atoms with Crippen LogP contribution in [0.2, 0.25) is 0 Å². The van der Waals surface area contributed by atoms with Gasteiger partial charge in [-0.05, 0) is 43.9 Å². The Bertz CT molecular complexity index is 886. The summed E-state index contributed by atoms with van der Waals surface area (Å²) in [6.45, 7) is 4.20. The van der Waals surface area contributed by atoms with Gasteiger partial charge in [0.15, 0.2) is 0 Å². The summed E-state index contributed by atoms with van der Waals surface area (Å²) in [5.74, 6) is 1.50. The number of rotatable bonds is 5. The summed E-state index contributed by atoms with van der Waals surface area (Å²) in [7, 11) is 0. The van der Waals surface area contributed by atoms with Crippen molar-refractivity contribution in [3.8, 4) is 11.3 Å². The smallest absolute Gasteiger partial charge is 0.225 e. The zero-order valence-electron chi connectivity index (χ0n) is 14.6. The van der Waals surface area contributed by atoms with Crippen molar-refractivity contribution in [1.82, 2.24) is 9.97 Å². The molecule has 1 aliphatic carbocycles. The lowest BCUT2D eigenvalue weighted by atomic mass is 10.1. The molecule has 4 rings (SSSR count). The Kier molecular flexibility index (Phi) is 4.10. The Balaban J connectivity index is 1.71. The van der Waals surface area contributed by atoms with E-state index < -0.39 is 0 Å². The highest BCUT2D eigenvalue weighted by atomic mass is 15.2. The first-order valence-corrected chi connectivity index (χ1v) is 8.73. The van der Waals surface area contributed by atoms with Crippen molar-refractivity contribution in [2.45, 2.75) is 32.7 Å². The van der Waals surface area contributed by atoms with E-state index in [0.29, 0.717) is 12.0 Å². The average Bonchev–Trinajstić information content (AvgIpc) is 3.43. The molecule has 0 saturated heterocycles. The number of nitrogens with zero attached hydrogens (tertiary/aromatic N) is 2. The van der Waals surface area contributed by atoms with Crippen molar-refractivity contribution in [3.63, 3.8) is 0 Å². The molecule has 1 aliphatic rings. The van der Waals surface area contributed by atoms with E-state index >= 15 is 0 Å². The minimum atomic E-state index is 0.513. The van der Waals surface area contributed by atoms with E-state index in [4.69, 9.17) is 4.98 Å². The van der Waals surface area contributed by atoms with Gasteiger partial charge in [-0.2, -0.15) is 4.98 Å². The van der Waals surface area contributed by atoms with E-state index in [1.54, 1.807) is 0 Å². The molecule has 2 N–H and O–H groups in total. The zero-order chi connectivity index (χ0) is 17.2. The summed E-state index contributed by atoms with van der Waals surface area (Å²) in [6.07, 6.45) is 2.39. The summed E-state index contributed by atoms with van der Waals surface area (Å²) in [5, 5.41) is 6.88. The molecule has 1 aromatic heterocycles. The zero-order valence-corrected chi connectivity index (χ0v) is 14.6. The molecule has 0 aliphatic heterocycles. The van der Waals surface area contributed by atoms with Gasteiger partial charge in [-0.3, -0.25) is 0 Å². The lowest BCUT2D eigenvalue weighted by molar-refractivity contribution is 1.06. The maximum absolute atomic E-state index is 4.70. The van der Waals surface area contributed by atoms with E-state index in [1.165, 1.54) is 24.0 Å². The van der Waals surface area contributed by atoms with E-state index in [2.05, 4.69) is 59.8 Å². The standard InChI is InChI=1S/C21H22N4/c1-14-8-9-15(2)18(12-14)23-20-13-19(16-6-4-3-5-7-16)24-21(25-20)22-17-10-11-17/h3-9,12-13,17H,10-11H2,1-2H3,(H2,22,23,24,25). The van der Waals surface area contributed by atoms with Crippen LogP contribution in [0.3, 0.4) is 0 Å². The molecule has 0 unspecified atom stereocenters. The summed E-state index contributed by atoms with van der Waals surface area (Å²) < 4.78 is 0. The van der Waals surface area contributed by atoms with Crippen molar-refractivity contribution in [2.24, 2.45) is 0 Å². The van der Waals surface area contributed by atoms with Crippen molar-refractivity contribution < 1.29 is 0 Å². The molecule has 0 amide bonds. The lowest BCUT2D eigenvalue weighted by Gasteiger charge is -2.13. The molecule has 1 fully saturated rings. The highest BCUT2D eigenvalue weighted by Gasteiger charge is 2.22. The number of aryl methyl sites for hydroxylation is 2. The molecule has 0 spiro atoms. The average molecular weight is 330 g/mol. The van der Waals surface area contributed by atoms with Crippen LogP contribution >= 0.6 is 0 Å². The number of aromatic nitrogens is 2. The summed E-state index contributed by atoms with van der Waals surface area (Å²) in [4.78, 5) is 9.37. The first-order chi connectivity index (χ1) is 12.2. The second kappa shape index (κ2) is 6.55. The van der Waals surface area contributed by atoms with Crippen LogP contribution in [0.1, 0.15) is 24.0 Å². The molecule has 25 heavy (non-hydrogen) atoms. The molecule has 0 bridgehead atoms. The van der Waals surface area contributed by atoms with Crippen LogP contribution in [-0.2, 0) is 0 Å². The number of hydrogen-bond donors (Lipinski definition) is 2. The highest BCUT2D eigenvalue weighted by molar-refractivity contribution is 5.68. The van der Waals surface area contributed by atoms with Crippen molar-refractivity contribution in [3.05, 3.63) is 65.7 Å². The van der Waals surface area contributed by atoms with E-state index in [0.717, 1.165) is 22.8 Å². The van der Waals surface area contributed by atoms with Gasteiger partial charge >= 0.3 is 0 Å².